The lowest BCUT2D eigenvalue weighted by atomic mass is 10.1. The van der Waals surface area contributed by atoms with Crippen molar-refractivity contribution in [2.24, 2.45) is 0 Å². The number of hydrogen-bond acceptors (Lipinski definition) is 5. The third-order valence-electron chi connectivity index (χ3n) is 3.83. The number of hydrogen-bond donors (Lipinski definition) is 1. The van der Waals surface area contributed by atoms with Crippen LogP contribution in [0.15, 0.2) is 64.9 Å². The van der Waals surface area contributed by atoms with Gasteiger partial charge in [-0.15, -0.1) is 11.3 Å². The second kappa shape index (κ2) is 7.92. The zero-order valence-corrected chi connectivity index (χ0v) is 14.7. The first-order valence-corrected chi connectivity index (χ1v) is 8.75. The van der Waals surface area contributed by atoms with Crippen molar-refractivity contribution in [3.05, 3.63) is 96.8 Å². The van der Waals surface area contributed by atoms with Crippen LogP contribution in [0, 0.1) is 15.9 Å². The monoisotopic (exact) mass is 387 g/mol. The number of pyridine rings is 1. The zero-order valence-electron chi connectivity index (χ0n) is 13.9. The zero-order chi connectivity index (χ0) is 19.4. The van der Waals surface area contributed by atoms with Gasteiger partial charge in [-0.3, -0.25) is 24.3 Å². The van der Waals surface area contributed by atoms with Crippen LogP contribution in [-0.4, -0.2) is 15.4 Å². The number of benzene rings is 1. The molecule has 1 amide bonds. The third-order valence-corrected chi connectivity index (χ3v) is 4.77. The normalized spacial score (nSPS) is 11.7. The Morgan fingerprint density at radius 3 is 2.59 bits per heavy atom. The number of nitro groups is 1. The minimum Gasteiger partial charge on any atom is -0.343 e. The first-order chi connectivity index (χ1) is 12.9. The highest BCUT2D eigenvalue weighted by Gasteiger charge is 2.19. The number of nitrogens with zero attached hydrogens (tertiary/aromatic N) is 2. The molecule has 0 unspecified atom stereocenters. The number of nitrogens with one attached hydrogen (secondary N) is 1. The van der Waals surface area contributed by atoms with E-state index in [9.17, 15) is 24.1 Å². The molecule has 0 fully saturated rings. The Bertz CT molecular complexity index is 1020. The fourth-order valence-electron chi connectivity index (χ4n) is 2.54. The third kappa shape index (κ3) is 4.45. The molecule has 2 heterocycles. The Kier molecular flexibility index (Phi) is 5.41. The van der Waals surface area contributed by atoms with E-state index < -0.39 is 28.2 Å². The fraction of sp³-hybridized carbons (Fsp3) is 0.111. The lowest BCUT2D eigenvalue weighted by Gasteiger charge is -2.18. The van der Waals surface area contributed by atoms with Crippen LogP contribution in [0.5, 0.6) is 0 Å². The summed E-state index contributed by atoms with van der Waals surface area (Å²) < 4.78 is 14.2. The van der Waals surface area contributed by atoms with E-state index in [1.54, 1.807) is 12.1 Å². The highest BCUT2D eigenvalue weighted by molar-refractivity contribution is 7.10. The predicted molar refractivity (Wildman–Crippen MR) is 98.1 cm³/mol. The molecule has 1 atom stereocenters. The van der Waals surface area contributed by atoms with Crippen molar-refractivity contribution < 1.29 is 14.1 Å². The summed E-state index contributed by atoms with van der Waals surface area (Å²) in [4.78, 5) is 35.4. The lowest BCUT2D eigenvalue weighted by molar-refractivity contribution is -0.385. The predicted octanol–water partition coefficient (Wildman–Crippen LogP) is 2.86. The minimum atomic E-state index is -0.638. The number of amides is 1. The molecule has 0 saturated heterocycles. The van der Waals surface area contributed by atoms with Gasteiger partial charge in [-0.1, -0.05) is 18.2 Å². The maximum absolute atomic E-state index is 13.2. The van der Waals surface area contributed by atoms with Crippen LogP contribution < -0.4 is 10.9 Å². The molecule has 138 valence electrons. The minimum absolute atomic E-state index is 0.282. The maximum atomic E-state index is 13.2. The van der Waals surface area contributed by atoms with E-state index in [2.05, 4.69) is 5.32 Å². The first-order valence-electron chi connectivity index (χ1n) is 7.87. The molecule has 1 aromatic carbocycles. The standard InChI is InChI=1S/C18H14FN3O4S/c19-13-5-3-12(4-6-13)18(15-2-1-9-27-15)20-16(23)11-21-10-14(22(25)26)7-8-17(21)24/h1-10,18H,11H2,(H,20,23)/t18-/m0/s1. The largest absolute Gasteiger partial charge is 0.343 e. The number of halogens is 1. The molecule has 0 saturated carbocycles. The van der Waals surface area contributed by atoms with E-state index in [4.69, 9.17) is 0 Å². The molecule has 9 heteroatoms. The van der Waals surface area contributed by atoms with Gasteiger partial charge in [0.25, 0.3) is 11.2 Å². The molecule has 2 aromatic heterocycles. The van der Waals surface area contributed by atoms with Gasteiger partial charge in [-0.25, -0.2) is 4.39 Å². The highest BCUT2D eigenvalue weighted by Crippen LogP contribution is 2.26. The van der Waals surface area contributed by atoms with Crippen LogP contribution in [0.2, 0.25) is 0 Å². The smallest absolute Gasteiger partial charge is 0.285 e. The van der Waals surface area contributed by atoms with Crippen molar-refractivity contribution in [1.29, 1.82) is 0 Å². The molecule has 0 bridgehead atoms. The Hall–Kier alpha value is -3.33. The van der Waals surface area contributed by atoms with Gasteiger partial charge >= 0.3 is 0 Å². The van der Waals surface area contributed by atoms with Crippen molar-refractivity contribution in [2.75, 3.05) is 0 Å². The Morgan fingerprint density at radius 2 is 1.96 bits per heavy atom. The van der Waals surface area contributed by atoms with Crippen LogP contribution >= 0.6 is 11.3 Å². The van der Waals surface area contributed by atoms with Crippen LogP contribution in [0.3, 0.4) is 0 Å². The van der Waals surface area contributed by atoms with E-state index in [1.807, 2.05) is 17.5 Å². The Balaban J connectivity index is 1.83. The molecule has 27 heavy (non-hydrogen) atoms. The molecule has 0 aliphatic rings. The van der Waals surface area contributed by atoms with Gasteiger partial charge in [0.15, 0.2) is 0 Å². The van der Waals surface area contributed by atoms with Crippen molar-refractivity contribution >= 4 is 22.9 Å². The van der Waals surface area contributed by atoms with Crippen LogP contribution in [-0.2, 0) is 11.3 Å². The topological polar surface area (TPSA) is 94.2 Å². The van der Waals surface area contributed by atoms with Crippen molar-refractivity contribution in [1.82, 2.24) is 9.88 Å². The van der Waals surface area contributed by atoms with Gasteiger partial charge < -0.3 is 5.32 Å². The molecular weight excluding hydrogens is 373 g/mol. The van der Waals surface area contributed by atoms with Gasteiger partial charge in [-0.05, 0) is 29.1 Å². The molecule has 1 N–H and O–H groups in total. The highest BCUT2D eigenvalue weighted by atomic mass is 32.1. The summed E-state index contributed by atoms with van der Waals surface area (Å²) in [6.07, 6.45) is 1.03. The van der Waals surface area contributed by atoms with Gasteiger partial charge in [-0.2, -0.15) is 0 Å². The fourth-order valence-corrected chi connectivity index (χ4v) is 3.34. The summed E-state index contributed by atoms with van der Waals surface area (Å²) in [7, 11) is 0. The van der Waals surface area contributed by atoms with E-state index in [-0.39, 0.29) is 12.2 Å². The van der Waals surface area contributed by atoms with Crippen LogP contribution in [0.1, 0.15) is 16.5 Å². The van der Waals surface area contributed by atoms with Crippen molar-refractivity contribution in [2.45, 2.75) is 12.6 Å². The quantitative estimate of drug-likeness (QED) is 0.520. The average molecular weight is 387 g/mol. The summed E-state index contributed by atoms with van der Waals surface area (Å²) >= 11 is 1.42. The van der Waals surface area contributed by atoms with Gasteiger partial charge in [0.05, 0.1) is 17.2 Å². The number of aromatic nitrogens is 1. The lowest BCUT2D eigenvalue weighted by Crippen LogP contribution is -2.34. The summed E-state index contributed by atoms with van der Waals surface area (Å²) in [5.41, 5.74) is -0.125. The van der Waals surface area contributed by atoms with E-state index in [0.29, 0.717) is 5.56 Å². The van der Waals surface area contributed by atoms with E-state index in [0.717, 1.165) is 27.8 Å². The number of rotatable bonds is 6. The number of carbonyl (C=O) groups is 1. The maximum Gasteiger partial charge on any atom is 0.285 e. The van der Waals surface area contributed by atoms with Gasteiger partial charge in [0.2, 0.25) is 5.91 Å². The van der Waals surface area contributed by atoms with Crippen molar-refractivity contribution in [3.63, 3.8) is 0 Å². The van der Waals surface area contributed by atoms with Gasteiger partial charge in [0.1, 0.15) is 12.4 Å². The summed E-state index contributed by atoms with van der Waals surface area (Å²) in [6.45, 7) is -0.371. The molecule has 3 rings (SSSR count). The van der Waals surface area contributed by atoms with E-state index >= 15 is 0 Å². The summed E-state index contributed by atoms with van der Waals surface area (Å²) in [6, 6.07) is 11.0. The number of thiophene rings is 1. The Labute approximate surface area is 156 Å². The first kappa shape index (κ1) is 18.5. The van der Waals surface area contributed by atoms with E-state index in [1.165, 1.54) is 23.5 Å². The molecule has 0 radical (unpaired) electrons. The molecular formula is C18H14FN3O4S. The van der Waals surface area contributed by atoms with Crippen LogP contribution in [0.25, 0.3) is 0 Å². The molecule has 0 spiro atoms. The van der Waals surface area contributed by atoms with Gasteiger partial charge in [0, 0.05) is 17.0 Å². The molecule has 3 aromatic rings. The van der Waals surface area contributed by atoms with Crippen LogP contribution in [0.4, 0.5) is 10.1 Å². The molecule has 0 aliphatic carbocycles. The summed E-state index contributed by atoms with van der Waals surface area (Å²) in [5, 5.41) is 15.5. The SMILES string of the molecule is O=C(Cn1cc([N+](=O)[O-])ccc1=O)N[C@@H](c1ccc(F)cc1)c1cccs1. The second-order valence-electron chi connectivity index (χ2n) is 5.68. The summed E-state index contributed by atoms with van der Waals surface area (Å²) in [5.74, 6) is -0.890. The Morgan fingerprint density at radius 1 is 1.22 bits per heavy atom. The molecule has 7 nitrogen and oxygen atoms in total. The second-order valence-corrected chi connectivity index (χ2v) is 6.66. The van der Waals surface area contributed by atoms with Crippen molar-refractivity contribution in [3.8, 4) is 0 Å². The number of carbonyl (C=O) groups excluding carboxylic acids is 1. The average Bonchev–Trinajstić information content (AvgIpc) is 3.16. The molecule has 0 aliphatic heterocycles.